The quantitative estimate of drug-likeness (QED) is 0.604. The van der Waals surface area contributed by atoms with Crippen molar-refractivity contribution in [3.05, 3.63) is 54.7 Å². The first-order valence-electron chi connectivity index (χ1n) is 8.71. The molecule has 0 aliphatic rings. The van der Waals surface area contributed by atoms with Crippen LogP contribution in [0.15, 0.2) is 54.7 Å². The molecular formula is C21H27N3O. The predicted octanol–water partition coefficient (Wildman–Crippen LogP) is 4.69. The highest BCUT2D eigenvalue weighted by Gasteiger charge is 2.07. The predicted molar refractivity (Wildman–Crippen MR) is 108 cm³/mol. The van der Waals surface area contributed by atoms with Gasteiger partial charge in [-0.2, -0.15) is 0 Å². The fourth-order valence-corrected chi connectivity index (χ4v) is 2.57. The standard InChI is InChI=1S/C19H21N3.C2H6O/c1-3-13(2)22-19-11-8-14(12-21-19)15-9-10-18(20)17-7-5-4-6-16(15)17;1-2-3/h4-13H,3,20H2,1-2H3,(H,21,22);3H,2H2,1H3. The van der Waals surface area contributed by atoms with E-state index >= 15 is 0 Å². The van der Waals surface area contributed by atoms with Crippen LogP contribution in [0.25, 0.3) is 21.9 Å². The molecule has 3 rings (SSSR count). The van der Waals surface area contributed by atoms with E-state index in [1.165, 1.54) is 0 Å². The van der Waals surface area contributed by atoms with Crippen LogP contribution in [0.5, 0.6) is 0 Å². The molecule has 25 heavy (non-hydrogen) atoms. The largest absolute Gasteiger partial charge is 0.398 e. The highest BCUT2D eigenvalue weighted by atomic mass is 16.2. The summed E-state index contributed by atoms with van der Waals surface area (Å²) < 4.78 is 0. The van der Waals surface area contributed by atoms with Gasteiger partial charge in [-0.1, -0.05) is 37.3 Å². The lowest BCUT2D eigenvalue weighted by atomic mass is 9.98. The van der Waals surface area contributed by atoms with Crippen molar-refractivity contribution in [1.82, 2.24) is 4.98 Å². The molecule has 0 radical (unpaired) electrons. The van der Waals surface area contributed by atoms with Gasteiger partial charge in [-0.05, 0) is 49.4 Å². The van der Waals surface area contributed by atoms with Crippen LogP contribution in [0.1, 0.15) is 27.2 Å². The van der Waals surface area contributed by atoms with Crippen molar-refractivity contribution in [3.8, 4) is 11.1 Å². The lowest BCUT2D eigenvalue weighted by molar-refractivity contribution is 0.318. The van der Waals surface area contributed by atoms with E-state index < -0.39 is 0 Å². The molecule has 3 aromatic rings. The fourth-order valence-electron chi connectivity index (χ4n) is 2.57. The molecule has 0 saturated heterocycles. The Morgan fingerprint density at radius 1 is 1.04 bits per heavy atom. The van der Waals surface area contributed by atoms with Crippen molar-refractivity contribution in [2.75, 3.05) is 17.7 Å². The van der Waals surface area contributed by atoms with Gasteiger partial charge < -0.3 is 16.2 Å². The van der Waals surface area contributed by atoms with Gasteiger partial charge >= 0.3 is 0 Å². The Balaban J connectivity index is 0.000000701. The van der Waals surface area contributed by atoms with Crippen LogP contribution in [0, 0.1) is 0 Å². The van der Waals surface area contributed by atoms with Gasteiger partial charge in [0.05, 0.1) is 0 Å². The minimum absolute atomic E-state index is 0.250. The Labute approximate surface area is 149 Å². The minimum atomic E-state index is 0.250. The molecule has 0 aliphatic carbocycles. The van der Waals surface area contributed by atoms with E-state index in [0.29, 0.717) is 6.04 Å². The minimum Gasteiger partial charge on any atom is -0.398 e. The van der Waals surface area contributed by atoms with Gasteiger partial charge in [0.15, 0.2) is 0 Å². The molecule has 1 atom stereocenters. The average molecular weight is 337 g/mol. The summed E-state index contributed by atoms with van der Waals surface area (Å²) in [5, 5.41) is 13.2. The maximum atomic E-state index is 7.57. The molecule has 0 aliphatic heterocycles. The summed E-state index contributed by atoms with van der Waals surface area (Å²) in [4.78, 5) is 4.53. The Bertz CT molecular complexity index is 800. The van der Waals surface area contributed by atoms with Crippen molar-refractivity contribution >= 4 is 22.3 Å². The lowest BCUT2D eigenvalue weighted by Crippen LogP contribution is -2.14. The summed E-state index contributed by atoms with van der Waals surface area (Å²) in [6.45, 7) is 6.25. The smallest absolute Gasteiger partial charge is 0.126 e. The number of fused-ring (bicyclic) bond motifs is 1. The van der Waals surface area contributed by atoms with Gasteiger partial charge in [0.2, 0.25) is 0 Å². The molecular weight excluding hydrogens is 310 g/mol. The molecule has 0 fully saturated rings. The zero-order valence-corrected chi connectivity index (χ0v) is 15.2. The van der Waals surface area contributed by atoms with E-state index in [2.05, 4.69) is 48.4 Å². The highest BCUT2D eigenvalue weighted by Crippen LogP contribution is 2.31. The van der Waals surface area contributed by atoms with Crippen LogP contribution >= 0.6 is 0 Å². The Morgan fingerprint density at radius 2 is 1.72 bits per heavy atom. The summed E-state index contributed by atoms with van der Waals surface area (Å²) >= 11 is 0. The van der Waals surface area contributed by atoms with Crippen molar-refractivity contribution in [2.24, 2.45) is 0 Å². The zero-order chi connectivity index (χ0) is 18.2. The van der Waals surface area contributed by atoms with Crippen LogP contribution in [-0.2, 0) is 0 Å². The summed E-state index contributed by atoms with van der Waals surface area (Å²) in [6.07, 6.45) is 2.99. The second-order valence-electron chi connectivity index (χ2n) is 5.95. The van der Waals surface area contributed by atoms with Crippen molar-refractivity contribution in [2.45, 2.75) is 33.2 Å². The van der Waals surface area contributed by atoms with E-state index in [1.54, 1.807) is 6.92 Å². The molecule has 4 nitrogen and oxygen atoms in total. The van der Waals surface area contributed by atoms with E-state index in [1.807, 2.05) is 30.5 Å². The molecule has 0 saturated carbocycles. The number of rotatable bonds is 4. The Kier molecular flexibility index (Phi) is 6.78. The molecule has 132 valence electrons. The Hall–Kier alpha value is -2.59. The second kappa shape index (κ2) is 9.04. The second-order valence-corrected chi connectivity index (χ2v) is 5.95. The number of nitrogens with zero attached hydrogens (tertiary/aromatic N) is 1. The van der Waals surface area contributed by atoms with Gasteiger partial charge in [0.25, 0.3) is 0 Å². The maximum absolute atomic E-state index is 7.57. The fraction of sp³-hybridized carbons (Fsp3) is 0.286. The molecule has 4 heteroatoms. The monoisotopic (exact) mass is 337 g/mol. The summed E-state index contributed by atoms with van der Waals surface area (Å²) in [5.74, 6) is 0.915. The van der Waals surface area contributed by atoms with E-state index in [-0.39, 0.29) is 6.61 Å². The van der Waals surface area contributed by atoms with Gasteiger partial charge in [-0.25, -0.2) is 4.98 Å². The third-order valence-electron chi connectivity index (χ3n) is 4.04. The third-order valence-corrected chi connectivity index (χ3v) is 4.04. The SMILES string of the molecule is CCC(C)Nc1ccc(-c2ccc(N)c3ccccc23)cn1.CCO. The average Bonchev–Trinajstić information content (AvgIpc) is 2.64. The van der Waals surface area contributed by atoms with Crippen LogP contribution in [-0.4, -0.2) is 22.7 Å². The number of pyridine rings is 1. The van der Waals surface area contributed by atoms with Gasteiger partial charge in [-0.3, -0.25) is 0 Å². The number of nitrogens with one attached hydrogen (secondary N) is 1. The van der Waals surface area contributed by atoms with Gasteiger partial charge in [0, 0.05) is 35.5 Å². The number of aliphatic hydroxyl groups excluding tert-OH is 1. The van der Waals surface area contributed by atoms with Crippen molar-refractivity contribution in [1.29, 1.82) is 0 Å². The van der Waals surface area contributed by atoms with Crippen molar-refractivity contribution in [3.63, 3.8) is 0 Å². The maximum Gasteiger partial charge on any atom is 0.126 e. The molecule has 0 amide bonds. The number of aromatic nitrogens is 1. The van der Waals surface area contributed by atoms with E-state index in [0.717, 1.165) is 39.8 Å². The normalized spacial score (nSPS) is 11.5. The van der Waals surface area contributed by atoms with Crippen molar-refractivity contribution < 1.29 is 5.11 Å². The van der Waals surface area contributed by atoms with Gasteiger partial charge in [-0.15, -0.1) is 0 Å². The molecule has 2 aromatic carbocycles. The molecule has 0 spiro atoms. The molecule has 1 heterocycles. The third kappa shape index (κ3) is 4.70. The highest BCUT2D eigenvalue weighted by molar-refractivity contribution is 6.02. The number of benzene rings is 2. The van der Waals surface area contributed by atoms with Crippen LogP contribution in [0.4, 0.5) is 11.5 Å². The van der Waals surface area contributed by atoms with Crippen LogP contribution < -0.4 is 11.1 Å². The van der Waals surface area contributed by atoms with Crippen LogP contribution in [0.3, 0.4) is 0 Å². The van der Waals surface area contributed by atoms with E-state index in [4.69, 9.17) is 10.8 Å². The molecule has 4 N–H and O–H groups in total. The summed E-state index contributed by atoms with van der Waals surface area (Å²) in [6, 6.07) is 16.8. The first-order valence-corrected chi connectivity index (χ1v) is 8.71. The summed E-state index contributed by atoms with van der Waals surface area (Å²) in [5.41, 5.74) is 9.14. The number of aliphatic hydroxyl groups is 1. The molecule has 1 aromatic heterocycles. The number of hydrogen-bond acceptors (Lipinski definition) is 4. The van der Waals surface area contributed by atoms with Gasteiger partial charge in [0.1, 0.15) is 5.82 Å². The Morgan fingerprint density at radius 3 is 2.32 bits per heavy atom. The topological polar surface area (TPSA) is 71.2 Å². The number of hydrogen-bond donors (Lipinski definition) is 3. The summed E-state index contributed by atoms with van der Waals surface area (Å²) in [7, 11) is 0. The first kappa shape index (κ1) is 18.7. The van der Waals surface area contributed by atoms with E-state index in [9.17, 15) is 0 Å². The first-order chi connectivity index (χ1) is 12.1. The number of anilines is 2. The molecule has 0 bridgehead atoms. The number of nitrogens with two attached hydrogens (primary N) is 1. The molecule has 1 unspecified atom stereocenters. The van der Waals surface area contributed by atoms with Crippen LogP contribution in [0.2, 0.25) is 0 Å². The number of nitrogen functional groups attached to an aromatic ring is 1. The lowest BCUT2D eigenvalue weighted by Gasteiger charge is -2.13. The zero-order valence-electron chi connectivity index (χ0n) is 15.2.